The third-order valence-electron chi connectivity index (χ3n) is 6.80. The molecule has 8 nitrogen and oxygen atoms in total. The fourth-order valence-electron chi connectivity index (χ4n) is 4.60. The van der Waals surface area contributed by atoms with Crippen molar-refractivity contribution < 1.29 is 45.4 Å². The van der Waals surface area contributed by atoms with Crippen LogP contribution >= 0.6 is 0 Å². The lowest BCUT2D eigenvalue weighted by Gasteiger charge is -2.29. The van der Waals surface area contributed by atoms with Gasteiger partial charge in [-0.25, -0.2) is 14.2 Å². The molecule has 2 aromatic carbocycles. The number of hydrogen-bond acceptors (Lipinski definition) is 6. The molecule has 0 spiro atoms. The second kappa shape index (κ2) is 13.2. The average molecular weight is 639 g/mol. The number of pyridine rings is 1. The van der Waals surface area contributed by atoms with Gasteiger partial charge in [0, 0.05) is 31.0 Å². The Balaban J connectivity index is 1.55. The minimum Gasteiger partial charge on any atom is -0.491 e. The van der Waals surface area contributed by atoms with E-state index in [4.69, 9.17) is 9.47 Å². The molecule has 242 valence electrons. The minimum atomic E-state index is -5.92. The lowest BCUT2D eigenvalue weighted by Crippen LogP contribution is -2.42. The van der Waals surface area contributed by atoms with E-state index < -0.39 is 59.5 Å². The number of anilines is 2. The summed E-state index contributed by atoms with van der Waals surface area (Å²) in [6, 6.07) is 10.2. The SMILES string of the molecule is CC(C)(C)OC(=O)N1CCCC1COc1cc(NC(=O)c2cccnc2NCc2ccc(F)cc2)ccc1C(F)(F)C(F)(F)F. The summed E-state index contributed by atoms with van der Waals surface area (Å²) < 4.78 is 93.4. The van der Waals surface area contributed by atoms with Crippen LogP contribution in [0.5, 0.6) is 5.75 Å². The maximum atomic E-state index is 14.6. The fourth-order valence-corrected chi connectivity index (χ4v) is 4.60. The zero-order valence-corrected chi connectivity index (χ0v) is 24.7. The van der Waals surface area contributed by atoms with Crippen LogP contribution in [0.4, 0.5) is 42.6 Å². The summed E-state index contributed by atoms with van der Waals surface area (Å²) in [6.07, 6.45) is -4.19. The molecule has 0 radical (unpaired) electrons. The summed E-state index contributed by atoms with van der Waals surface area (Å²) in [5.74, 6) is -7.08. The van der Waals surface area contributed by atoms with Gasteiger partial charge in [0.25, 0.3) is 5.91 Å². The highest BCUT2D eigenvalue weighted by atomic mass is 19.4. The molecule has 0 bridgehead atoms. The van der Waals surface area contributed by atoms with Crippen LogP contribution < -0.4 is 15.4 Å². The highest BCUT2D eigenvalue weighted by Crippen LogP contribution is 2.48. The Labute approximate surface area is 255 Å². The molecule has 2 heterocycles. The first-order valence-electron chi connectivity index (χ1n) is 14.0. The average Bonchev–Trinajstić information content (AvgIpc) is 3.43. The monoisotopic (exact) mass is 638 g/mol. The number of nitrogens with one attached hydrogen (secondary N) is 2. The van der Waals surface area contributed by atoms with Crippen molar-refractivity contribution in [1.82, 2.24) is 9.88 Å². The molecule has 2 amide bonds. The van der Waals surface area contributed by atoms with Gasteiger partial charge in [0.1, 0.15) is 29.6 Å². The molecule has 1 unspecified atom stereocenters. The van der Waals surface area contributed by atoms with Crippen molar-refractivity contribution in [3.63, 3.8) is 0 Å². The number of hydrogen-bond donors (Lipinski definition) is 2. The predicted molar refractivity (Wildman–Crippen MR) is 154 cm³/mol. The number of benzene rings is 2. The molecular weight excluding hydrogens is 606 g/mol. The molecule has 1 aromatic heterocycles. The van der Waals surface area contributed by atoms with E-state index in [-0.39, 0.29) is 23.6 Å². The van der Waals surface area contributed by atoms with Gasteiger partial charge in [0.2, 0.25) is 0 Å². The number of carbonyl (C=O) groups is 2. The quantitative estimate of drug-likeness (QED) is 0.236. The van der Waals surface area contributed by atoms with Crippen molar-refractivity contribution in [3.05, 3.63) is 83.3 Å². The molecule has 0 aliphatic carbocycles. The second-order valence-corrected chi connectivity index (χ2v) is 11.4. The van der Waals surface area contributed by atoms with Gasteiger partial charge in [-0.3, -0.25) is 4.79 Å². The van der Waals surface area contributed by atoms with Crippen LogP contribution in [0.25, 0.3) is 0 Å². The van der Waals surface area contributed by atoms with Crippen molar-refractivity contribution in [2.75, 3.05) is 23.8 Å². The number of likely N-dealkylation sites (tertiary alicyclic amines) is 1. The van der Waals surface area contributed by atoms with Crippen molar-refractivity contribution in [2.24, 2.45) is 0 Å². The number of halogens is 6. The molecule has 1 aliphatic rings. The number of aromatic nitrogens is 1. The number of nitrogens with zero attached hydrogens (tertiary/aromatic N) is 2. The van der Waals surface area contributed by atoms with Gasteiger partial charge in [0.15, 0.2) is 0 Å². The summed E-state index contributed by atoms with van der Waals surface area (Å²) in [6.45, 7) is 5.12. The second-order valence-electron chi connectivity index (χ2n) is 11.4. The molecule has 4 rings (SSSR count). The number of rotatable bonds is 9. The van der Waals surface area contributed by atoms with Crippen molar-refractivity contribution >= 4 is 23.5 Å². The molecule has 2 N–H and O–H groups in total. The molecule has 3 aromatic rings. The maximum Gasteiger partial charge on any atom is 0.458 e. The van der Waals surface area contributed by atoms with E-state index in [2.05, 4.69) is 15.6 Å². The van der Waals surface area contributed by atoms with E-state index in [1.54, 1.807) is 32.9 Å². The van der Waals surface area contributed by atoms with Crippen LogP contribution in [0.3, 0.4) is 0 Å². The molecule has 1 saturated heterocycles. The third kappa shape index (κ3) is 8.37. The zero-order valence-electron chi connectivity index (χ0n) is 24.7. The number of carbonyl (C=O) groups excluding carboxylic acids is 2. The molecule has 0 saturated carbocycles. The number of ether oxygens (including phenoxy) is 2. The van der Waals surface area contributed by atoms with Gasteiger partial charge in [-0.05, 0) is 75.6 Å². The van der Waals surface area contributed by atoms with E-state index in [0.717, 1.165) is 12.1 Å². The van der Waals surface area contributed by atoms with Crippen molar-refractivity contribution in [1.29, 1.82) is 0 Å². The Morgan fingerprint density at radius 2 is 1.73 bits per heavy atom. The summed E-state index contributed by atoms with van der Waals surface area (Å²) in [5.41, 5.74) is -1.63. The molecule has 1 atom stereocenters. The zero-order chi connectivity index (χ0) is 33.0. The summed E-state index contributed by atoms with van der Waals surface area (Å²) in [5, 5.41) is 5.45. The highest BCUT2D eigenvalue weighted by molar-refractivity contribution is 6.07. The Hall–Kier alpha value is -4.49. The largest absolute Gasteiger partial charge is 0.491 e. The van der Waals surface area contributed by atoms with E-state index >= 15 is 0 Å². The van der Waals surface area contributed by atoms with Gasteiger partial charge in [-0.1, -0.05) is 12.1 Å². The minimum absolute atomic E-state index is 0.0470. The van der Waals surface area contributed by atoms with Crippen LogP contribution in [0.15, 0.2) is 60.8 Å². The lowest BCUT2D eigenvalue weighted by atomic mass is 10.1. The first-order valence-corrected chi connectivity index (χ1v) is 14.0. The Morgan fingerprint density at radius 1 is 1.02 bits per heavy atom. The van der Waals surface area contributed by atoms with Crippen LogP contribution in [0, 0.1) is 5.82 Å². The van der Waals surface area contributed by atoms with Crippen molar-refractivity contribution in [2.45, 2.75) is 63.9 Å². The predicted octanol–water partition coefficient (Wildman–Crippen LogP) is 7.52. The van der Waals surface area contributed by atoms with E-state index in [1.165, 1.54) is 35.4 Å². The Kier molecular flexibility index (Phi) is 9.83. The van der Waals surface area contributed by atoms with Crippen LogP contribution in [0.1, 0.15) is 55.1 Å². The van der Waals surface area contributed by atoms with Crippen LogP contribution in [-0.2, 0) is 17.2 Å². The summed E-state index contributed by atoms with van der Waals surface area (Å²) in [4.78, 5) is 31.3. The smallest absolute Gasteiger partial charge is 0.458 e. The Bertz CT molecular complexity index is 1510. The fraction of sp³-hybridized carbons (Fsp3) is 0.387. The molecule has 45 heavy (non-hydrogen) atoms. The first-order chi connectivity index (χ1) is 21.0. The highest BCUT2D eigenvalue weighted by Gasteiger charge is 2.60. The third-order valence-corrected chi connectivity index (χ3v) is 6.80. The van der Waals surface area contributed by atoms with Crippen molar-refractivity contribution in [3.8, 4) is 5.75 Å². The number of alkyl halides is 5. The summed E-state index contributed by atoms with van der Waals surface area (Å²) in [7, 11) is 0. The van der Waals surface area contributed by atoms with Gasteiger partial charge in [0.05, 0.1) is 17.2 Å². The standard InChI is InChI=1S/C31H32F6N4O4/c1-29(2,3)45-28(43)41-15-5-6-22(41)18-44-25-16-21(12-13-24(25)30(33,34)31(35,36)37)40-27(42)23-7-4-14-38-26(23)39-17-19-8-10-20(32)11-9-19/h4,7-14,16,22H,5-6,15,17-18H2,1-3H3,(H,38,39)(H,40,42). The van der Waals surface area contributed by atoms with Gasteiger partial charge in [-0.2, -0.15) is 22.0 Å². The summed E-state index contributed by atoms with van der Waals surface area (Å²) >= 11 is 0. The molecule has 1 fully saturated rings. The number of amides is 2. The van der Waals surface area contributed by atoms with E-state index in [1.807, 2.05) is 0 Å². The molecule has 14 heteroatoms. The first kappa shape index (κ1) is 33.4. The maximum absolute atomic E-state index is 14.6. The van der Waals surface area contributed by atoms with Gasteiger partial charge < -0.3 is 25.0 Å². The van der Waals surface area contributed by atoms with Crippen LogP contribution in [0.2, 0.25) is 0 Å². The van der Waals surface area contributed by atoms with E-state index in [9.17, 15) is 35.9 Å². The normalized spacial score (nSPS) is 15.5. The van der Waals surface area contributed by atoms with Gasteiger partial charge in [-0.15, -0.1) is 0 Å². The molecular formula is C31H32F6N4O4. The topological polar surface area (TPSA) is 92.8 Å². The Morgan fingerprint density at radius 3 is 2.40 bits per heavy atom. The molecule has 1 aliphatic heterocycles. The van der Waals surface area contributed by atoms with Gasteiger partial charge >= 0.3 is 18.2 Å². The van der Waals surface area contributed by atoms with E-state index in [0.29, 0.717) is 31.0 Å². The lowest BCUT2D eigenvalue weighted by molar-refractivity contribution is -0.289. The van der Waals surface area contributed by atoms with Crippen LogP contribution in [-0.4, -0.2) is 52.9 Å².